The molecule has 7 unspecified atom stereocenters. The minimum absolute atomic E-state index is 0.0484. The van der Waals surface area contributed by atoms with Gasteiger partial charge < -0.3 is 19.9 Å². The minimum Gasteiger partial charge on any atom is -0.386 e. The summed E-state index contributed by atoms with van der Waals surface area (Å²) in [6.45, 7) is 10.6. The Kier molecular flexibility index (Phi) is 3.91. The first-order valence-electron chi connectivity index (χ1n) is 11.7. The van der Waals surface area contributed by atoms with E-state index in [0.29, 0.717) is 12.3 Å². The number of aromatic nitrogens is 1. The van der Waals surface area contributed by atoms with E-state index in [0.717, 1.165) is 36.8 Å². The predicted octanol–water partition coefficient (Wildman–Crippen LogP) is 4.77. The maximum atomic E-state index is 12.3. The zero-order valence-corrected chi connectivity index (χ0v) is 18.7. The molecule has 6 rings (SSSR count). The van der Waals surface area contributed by atoms with Crippen LogP contribution in [0.5, 0.6) is 0 Å². The molecule has 0 spiro atoms. The summed E-state index contributed by atoms with van der Waals surface area (Å²) in [7, 11) is 0. The zero-order chi connectivity index (χ0) is 21.8. The number of aliphatic hydroxyl groups is 2. The number of hydrogen-bond donors (Lipinski definition) is 3. The summed E-state index contributed by atoms with van der Waals surface area (Å²) < 4.78 is 6.29. The average Bonchev–Trinajstić information content (AvgIpc) is 3.22. The van der Waals surface area contributed by atoms with Gasteiger partial charge in [0, 0.05) is 22.0 Å². The number of para-hydroxylation sites is 1. The van der Waals surface area contributed by atoms with Gasteiger partial charge in [-0.05, 0) is 79.2 Å². The molecule has 0 saturated heterocycles. The minimum atomic E-state index is -0.957. The lowest BCUT2D eigenvalue weighted by molar-refractivity contribution is -0.199. The highest BCUT2D eigenvalue weighted by atomic mass is 16.5. The predicted molar refractivity (Wildman–Crippen MR) is 122 cm³/mol. The molecule has 3 aliphatic carbocycles. The van der Waals surface area contributed by atoms with Crippen LogP contribution in [0.15, 0.2) is 48.1 Å². The number of nitrogens with one attached hydrogen (secondary N) is 1. The van der Waals surface area contributed by atoms with Gasteiger partial charge in [0.15, 0.2) is 0 Å². The van der Waals surface area contributed by atoms with E-state index >= 15 is 0 Å². The molecule has 1 aromatic carbocycles. The van der Waals surface area contributed by atoms with Crippen LogP contribution in [-0.2, 0) is 11.2 Å². The van der Waals surface area contributed by atoms with Crippen LogP contribution in [0.25, 0.3) is 10.9 Å². The molecule has 4 nitrogen and oxygen atoms in total. The molecule has 2 heterocycles. The Morgan fingerprint density at radius 2 is 1.97 bits per heavy atom. The normalized spacial score (nSPS) is 43.6. The van der Waals surface area contributed by atoms with E-state index in [9.17, 15) is 10.2 Å². The zero-order valence-electron chi connectivity index (χ0n) is 18.7. The highest BCUT2D eigenvalue weighted by Crippen LogP contribution is 2.71. The van der Waals surface area contributed by atoms with Gasteiger partial charge in [-0.15, -0.1) is 0 Å². The van der Waals surface area contributed by atoms with E-state index in [-0.39, 0.29) is 23.0 Å². The lowest BCUT2D eigenvalue weighted by Gasteiger charge is -2.65. The number of H-pyrrole nitrogens is 1. The topological polar surface area (TPSA) is 65.5 Å². The maximum Gasteiger partial charge on any atom is 0.108 e. The second-order valence-corrected chi connectivity index (χ2v) is 11.0. The Hall–Kier alpha value is -1.88. The Morgan fingerprint density at radius 3 is 2.74 bits per heavy atom. The van der Waals surface area contributed by atoms with Crippen LogP contribution in [-0.4, -0.2) is 39.1 Å². The molecular formula is C27H33NO3. The number of fused-ring (bicyclic) bond motifs is 9. The second-order valence-electron chi connectivity index (χ2n) is 11.0. The first-order valence-corrected chi connectivity index (χ1v) is 11.7. The van der Waals surface area contributed by atoms with Crippen molar-refractivity contribution in [1.29, 1.82) is 0 Å². The molecule has 0 bridgehead atoms. The average molecular weight is 420 g/mol. The van der Waals surface area contributed by atoms with Gasteiger partial charge >= 0.3 is 0 Å². The molecule has 2 saturated carbocycles. The summed E-state index contributed by atoms with van der Waals surface area (Å²) in [5.74, 6) is 0.429. The molecule has 7 atom stereocenters. The van der Waals surface area contributed by atoms with Gasteiger partial charge in [-0.2, -0.15) is 0 Å². The van der Waals surface area contributed by atoms with E-state index in [2.05, 4.69) is 49.7 Å². The van der Waals surface area contributed by atoms with Crippen molar-refractivity contribution in [3.63, 3.8) is 0 Å². The number of aliphatic hydroxyl groups excluding tert-OH is 1. The van der Waals surface area contributed by atoms with Crippen molar-refractivity contribution in [2.24, 2.45) is 10.8 Å². The molecule has 0 amide bonds. The molecular weight excluding hydrogens is 386 g/mol. The van der Waals surface area contributed by atoms with Crippen LogP contribution in [0.1, 0.15) is 63.6 Å². The molecule has 4 heteroatoms. The molecule has 2 fully saturated rings. The molecule has 2 aromatic rings. The van der Waals surface area contributed by atoms with Crippen molar-refractivity contribution in [2.75, 3.05) is 0 Å². The van der Waals surface area contributed by atoms with Gasteiger partial charge in [-0.3, -0.25) is 0 Å². The van der Waals surface area contributed by atoms with Crippen LogP contribution in [0.3, 0.4) is 0 Å². The highest BCUT2D eigenvalue weighted by molar-refractivity contribution is 5.86. The van der Waals surface area contributed by atoms with E-state index in [1.807, 2.05) is 13.0 Å². The van der Waals surface area contributed by atoms with Gasteiger partial charge in [-0.1, -0.05) is 38.6 Å². The first kappa shape index (κ1) is 19.8. The van der Waals surface area contributed by atoms with Gasteiger partial charge in [0.25, 0.3) is 0 Å². The second kappa shape index (κ2) is 6.12. The molecule has 31 heavy (non-hydrogen) atoms. The standard InChI is InChI=1S/C27H33NO3/c1-15(2)24-21(29)13-18-22(31-24)10-11-26(4)25(3)14-20-23(17(25)9-12-27(18,26)30)16-7-5-6-8-19(16)28-20/h5-8,13,17,21-22,24,28-30H,1,9-12,14H2,2-4H3. The fourth-order valence-corrected chi connectivity index (χ4v) is 7.83. The Labute approximate surface area is 184 Å². The maximum absolute atomic E-state index is 12.3. The van der Waals surface area contributed by atoms with Crippen LogP contribution >= 0.6 is 0 Å². The number of rotatable bonds is 1. The third-order valence-electron chi connectivity index (χ3n) is 9.65. The van der Waals surface area contributed by atoms with E-state index in [1.54, 1.807) is 0 Å². The summed E-state index contributed by atoms with van der Waals surface area (Å²) in [5.41, 5.74) is 4.49. The van der Waals surface area contributed by atoms with Crippen molar-refractivity contribution < 1.29 is 14.9 Å². The number of benzene rings is 1. The molecule has 1 aromatic heterocycles. The quantitative estimate of drug-likeness (QED) is 0.584. The van der Waals surface area contributed by atoms with Crippen LogP contribution < -0.4 is 0 Å². The molecule has 3 N–H and O–H groups in total. The van der Waals surface area contributed by atoms with Crippen LogP contribution in [0.2, 0.25) is 0 Å². The van der Waals surface area contributed by atoms with Gasteiger partial charge in [0.1, 0.15) is 12.2 Å². The summed E-state index contributed by atoms with van der Waals surface area (Å²) in [6.07, 6.45) is 5.03. The summed E-state index contributed by atoms with van der Waals surface area (Å²) in [4.78, 5) is 3.69. The number of ether oxygens (including phenoxy) is 1. The summed E-state index contributed by atoms with van der Waals surface area (Å²) in [5, 5.41) is 24.4. The van der Waals surface area contributed by atoms with Crippen molar-refractivity contribution in [1.82, 2.24) is 4.98 Å². The largest absolute Gasteiger partial charge is 0.386 e. The monoisotopic (exact) mass is 419 g/mol. The fraction of sp³-hybridized carbons (Fsp3) is 0.556. The molecule has 4 aliphatic rings. The SMILES string of the molecule is C=C(C)C1OC2CCC3(C)C(O)(CCC4c5c([nH]c6ccccc56)CC43C)C2=CC1O. The van der Waals surface area contributed by atoms with E-state index in [4.69, 9.17) is 4.74 Å². The third kappa shape index (κ3) is 2.26. The molecule has 0 radical (unpaired) electrons. The van der Waals surface area contributed by atoms with Crippen LogP contribution in [0, 0.1) is 10.8 Å². The van der Waals surface area contributed by atoms with Crippen molar-refractivity contribution in [3.8, 4) is 0 Å². The molecule has 1 aliphatic heterocycles. The van der Waals surface area contributed by atoms with E-state index in [1.165, 1.54) is 22.2 Å². The highest BCUT2D eigenvalue weighted by Gasteiger charge is 2.69. The van der Waals surface area contributed by atoms with Crippen LogP contribution in [0.4, 0.5) is 0 Å². The fourth-order valence-electron chi connectivity index (χ4n) is 7.83. The van der Waals surface area contributed by atoms with Crippen molar-refractivity contribution in [3.05, 3.63) is 59.3 Å². The Morgan fingerprint density at radius 1 is 1.19 bits per heavy atom. The van der Waals surface area contributed by atoms with Gasteiger partial charge in [0.2, 0.25) is 0 Å². The first-order chi connectivity index (χ1) is 14.7. The van der Waals surface area contributed by atoms with Crippen molar-refractivity contribution >= 4 is 10.9 Å². The van der Waals surface area contributed by atoms with Crippen molar-refractivity contribution in [2.45, 2.75) is 82.7 Å². The van der Waals surface area contributed by atoms with Gasteiger partial charge in [0.05, 0.1) is 11.7 Å². The number of hydrogen-bond acceptors (Lipinski definition) is 3. The smallest absolute Gasteiger partial charge is 0.108 e. The summed E-state index contributed by atoms with van der Waals surface area (Å²) >= 11 is 0. The lowest BCUT2D eigenvalue weighted by Crippen LogP contribution is -2.66. The lowest BCUT2D eigenvalue weighted by atomic mass is 9.42. The summed E-state index contributed by atoms with van der Waals surface area (Å²) in [6, 6.07) is 8.62. The number of aromatic amines is 1. The van der Waals surface area contributed by atoms with E-state index < -0.39 is 11.7 Å². The Balaban J connectivity index is 1.45. The Bertz CT molecular complexity index is 1130. The van der Waals surface area contributed by atoms with Gasteiger partial charge in [-0.25, -0.2) is 0 Å². The molecule has 164 valence electrons. The third-order valence-corrected chi connectivity index (χ3v) is 9.65.